The summed E-state index contributed by atoms with van der Waals surface area (Å²) in [6.45, 7) is 8.09. The standard InChI is InChI=1S/C16H19NO2/c1-10-6-7-11(2)15(8-10)17-12(3)9-14(13(17)4)16(18)19-5/h6-9H,1-5H3. The zero-order valence-electron chi connectivity index (χ0n) is 12.1. The van der Waals surface area contributed by atoms with E-state index in [1.165, 1.54) is 18.2 Å². The van der Waals surface area contributed by atoms with E-state index >= 15 is 0 Å². The average molecular weight is 257 g/mol. The molecule has 2 aromatic rings. The number of hydrogen-bond acceptors (Lipinski definition) is 2. The lowest BCUT2D eigenvalue weighted by molar-refractivity contribution is 0.0600. The van der Waals surface area contributed by atoms with Crippen LogP contribution in [0.15, 0.2) is 24.3 Å². The highest BCUT2D eigenvalue weighted by Gasteiger charge is 2.17. The zero-order valence-corrected chi connectivity index (χ0v) is 12.1. The summed E-state index contributed by atoms with van der Waals surface area (Å²) >= 11 is 0. The smallest absolute Gasteiger partial charge is 0.339 e. The van der Waals surface area contributed by atoms with Crippen LogP contribution < -0.4 is 0 Å². The molecule has 2 rings (SSSR count). The molecule has 0 radical (unpaired) electrons. The summed E-state index contributed by atoms with van der Waals surface area (Å²) in [7, 11) is 1.41. The minimum absolute atomic E-state index is 0.287. The second-order valence-electron chi connectivity index (χ2n) is 4.90. The van der Waals surface area contributed by atoms with Crippen LogP contribution in [0.3, 0.4) is 0 Å². The first-order valence-electron chi connectivity index (χ1n) is 6.30. The molecule has 0 bridgehead atoms. The molecule has 19 heavy (non-hydrogen) atoms. The number of benzene rings is 1. The predicted octanol–water partition coefficient (Wildman–Crippen LogP) is 3.50. The molecule has 0 fully saturated rings. The van der Waals surface area contributed by atoms with Crippen molar-refractivity contribution < 1.29 is 9.53 Å². The number of rotatable bonds is 2. The number of ether oxygens (including phenoxy) is 1. The van der Waals surface area contributed by atoms with Gasteiger partial charge < -0.3 is 9.30 Å². The Balaban J connectivity index is 2.66. The predicted molar refractivity (Wildman–Crippen MR) is 76.1 cm³/mol. The number of methoxy groups -OCH3 is 1. The molecule has 0 aliphatic carbocycles. The van der Waals surface area contributed by atoms with Gasteiger partial charge in [-0.1, -0.05) is 12.1 Å². The summed E-state index contributed by atoms with van der Waals surface area (Å²) in [4.78, 5) is 11.7. The number of nitrogens with zero attached hydrogens (tertiary/aromatic N) is 1. The Labute approximate surface area is 113 Å². The molecule has 0 aliphatic heterocycles. The van der Waals surface area contributed by atoms with Gasteiger partial charge in [-0.15, -0.1) is 0 Å². The second kappa shape index (κ2) is 4.92. The number of carbonyl (C=O) groups is 1. The van der Waals surface area contributed by atoms with E-state index in [4.69, 9.17) is 4.74 Å². The molecule has 100 valence electrons. The first kappa shape index (κ1) is 13.4. The number of aromatic nitrogens is 1. The maximum Gasteiger partial charge on any atom is 0.339 e. The third-order valence-electron chi connectivity index (χ3n) is 3.44. The highest BCUT2D eigenvalue weighted by molar-refractivity contribution is 5.91. The molecule has 0 saturated heterocycles. The van der Waals surface area contributed by atoms with Gasteiger partial charge in [0.05, 0.1) is 12.7 Å². The second-order valence-corrected chi connectivity index (χ2v) is 4.90. The van der Waals surface area contributed by atoms with Gasteiger partial charge in [-0.3, -0.25) is 0 Å². The van der Waals surface area contributed by atoms with Crippen LogP contribution in [0.4, 0.5) is 0 Å². The molecule has 1 aromatic carbocycles. The van der Waals surface area contributed by atoms with E-state index in [0.717, 1.165) is 17.1 Å². The third-order valence-corrected chi connectivity index (χ3v) is 3.44. The average Bonchev–Trinajstić information content (AvgIpc) is 2.67. The number of carbonyl (C=O) groups excluding carboxylic acids is 1. The van der Waals surface area contributed by atoms with Gasteiger partial charge in [0.15, 0.2) is 0 Å². The quantitative estimate of drug-likeness (QED) is 0.771. The van der Waals surface area contributed by atoms with E-state index in [1.54, 1.807) is 0 Å². The summed E-state index contributed by atoms with van der Waals surface area (Å²) in [5, 5.41) is 0. The molecule has 3 heteroatoms. The van der Waals surface area contributed by atoms with Crippen LogP contribution in [0.5, 0.6) is 0 Å². The van der Waals surface area contributed by atoms with Crippen LogP contribution in [-0.2, 0) is 4.74 Å². The normalized spacial score (nSPS) is 10.6. The summed E-state index contributed by atoms with van der Waals surface area (Å²) in [5.74, 6) is -0.287. The van der Waals surface area contributed by atoms with Crippen molar-refractivity contribution in [2.45, 2.75) is 27.7 Å². The molecule has 0 amide bonds. The van der Waals surface area contributed by atoms with Crippen molar-refractivity contribution in [1.29, 1.82) is 0 Å². The summed E-state index contributed by atoms with van der Waals surface area (Å²) < 4.78 is 6.93. The van der Waals surface area contributed by atoms with Gasteiger partial charge in [-0.05, 0) is 51.0 Å². The zero-order chi connectivity index (χ0) is 14.2. The largest absolute Gasteiger partial charge is 0.465 e. The van der Waals surface area contributed by atoms with E-state index in [0.29, 0.717) is 5.56 Å². The minimum Gasteiger partial charge on any atom is -0.465 e. The van der Waals surface area contributed by atoms with Crippen LogP contribution in [0.2, 0.25) is 0 Å². The number of esters is 1. The molecule has 1 aromatic heterocycles. The van der Waals surface area contributed by atoms with Crippen molar-refractivity contribution in [3.63, 3.8) is 0 Å². The Morgan fingerprint density at radius 1 is 1.11 bits per heavy atom. The highest BCUT2D eigenvalue weighted by Crippen LogP contribution is 2.24. The Morgan fingerprint density at radius 3 is 2.42 bits per heavy atom. The van der Waals surface area contributed by atoms with Crippen molar-refractivity contribution >= 4 is 5.97 Å². The van der Waals surface area contributed by atoms with Crippen molar-refractivity contribution in [3.8, 4) is 5.69 Å². The molecule has 0 N–H and O–H groups in total. The van der Waals surface area contributed by atoms with E-state index in [9.17, 15) is 4.79 Å². The molecule has 0 unspecified atom stereocenters. The molecule has 3 nitrogen and oxygen atoms in total. The third kappa shape index (κ3) is 2.28. The highest BCUT2D eigenvalue weighted by atomic mass is 16.5. The molecular formula is C16H19NO2. The summed E-state index contributed by atoms with van der Waals surface area (Å²) in [5.41, 5.74) is 6.08. The van der Waals surface area contributed by atoms with Gasteiger partial charge in [-0.2, -0.15) is 0 Å². The fourth-order valence-corrected chi connectivity index (χ4v) is 2.41. The molecule has 0 atom stereocenters. The maximum absolute atomic E-state index is 11.7. The molecule has 0 saturated carbocycles. The first-order valence-corrected chi connectivity index (χ1v) is 6.30. The number of aryl methyl sites for hydroxylation is 3. The van der Waals surface area contributed by atoms with Gasteiger partial charge in [0.2, 0.25) is 0 Å². The van der Waals surface area contributed by atoms with Crippen LogP contribution in [0.25, 0.3) is 5.69 Å². The Kier molecular flexibility index (Phi) is 3.47. The fourth-order valence-electron chi connectivity index (χ4n) is 2.41. The van der Waals surface area contributed by atoms with Gasteiger partial charge in [-0.25, -0.2) is 4.79 Å². The van der Waals surface area contributed by atoms with Crippen molar-refractivity contribution in [2.75, 3.05) is 7.11 Å². The SMILES string of the molecule is COC(=O)c1cc(C)n(-c2cc(C)ccc2C)c1C. The van der Waals surface area contributed by atoms with Gasteiger partial charge in [0, 0.05) is 17.1 Å². The monoisotopic (exact) mass is 257 g/mol. The van der Waals surface area contributed by atoms with Crippen molar-refractivity contribution in [2.24, 2.45) is 0 Å². The van der Waals surface area contributed by atoms with Crippen LogP contribution in [-0.4, -0.2) is 17.6 Å². The van der Waals surface area contributed by atoms with E-state index in [2.05, 4.69) is 36.6 Å². The van der Waals surface area contributed by atoms with E-state index in [-0.39, 0.29) is 5.97 Å². The lowest BCUT2D eigenvalue weighted by atomic mass is 10.1. The topological polar surface area (TPSA) is 31.2 Å². The van der Waals surface area contributed by atoms with E-state index in [1.807, 2.05) is 19.9 Å². The molecule has 0 spiro atoms. The molecule has 1 heterocycles. The maximum atomic E-state index is 11.7. The fraction of sp³-hybridized carbons (Fsp3) is 0.312. The molecular weight excluding hydrogens is 238 g/mol. The minimum atomic E-state index is -0.287. The Morgan fingerprint density at radius 2 is 1.79 bits per heavy atom. The Hall–Kier alpha value is -2.03. The lowest BCUT2D eigenvalue weighted by Gasteiger charge is -2.13. The van der Waals surface area contributed by atoms with Gasteiger partial charge in [0.25, 0.3) is 0 Å². The van der Waals surface area contributed by atoms with Gasteiger partial charge in [0.1, 0.15) is 0 Å². The first-order chi connectivity index (χ1) is 8.95. The number of hydrogen-bond donors (Lipinski definition) is 0. The molecule has 0 aliphatic rings. The summed E-state index contributed by atoms with van der Waals surface area (Å²) in [6, 6.07) is 8.20. The van der Waals surface area contributed by atoms with Crippen molar-refractivity contribution in [3.05, 3.63) is 52.3 Å². The van der Waals surface area contributed by atoms with Crippen molar-refractivity contribution in [1.82, 2.24) is 4.57 Å². The van der Waals surface area contributed by atoms with Crippen LogP contribution >= 0.6 is 0 Å². The Bertz CT molecular complexity index is 638. The lowest BCUT2D eigenvalue weighted by Crippen LogP contribution is -2.05. The van der Waals surface area contributed by atoms with Crippen LogP contribution in [0, 0.1) is 27.7 Å². The van der Waals surface area contributed by atoms with Gasteiger partial charge >= 0.3 is 5.97 Å². The summed E-state index contributed by atoms with van der Waals surface area (Å²) in [6.07, 6.45) is 0. The van der Waals surface area contributed by atoms with Crippen LogP contribution in [0.1, 0.15) is 32.9 Å². The van der Waals surface area contributed by atoms with E-state index < -0.39 is 0 Å².